The van der Waals surface area contributed by atoms with Crippen LogP contribution < -0.4 is 5.56 Å². The Morgan fingerprint density at radius 1 is 1.11 bits per heavy atom. The molecule has 9 nitrogen and oxygen atoms in total. The molecular weight excluding hydrogens is 461 g/mol. The van der Waals surface area contributed by atoms with E-state index in [1.807, 2.05) is 25.4 Å². The lowest BCUT2D eigenvalue weighted by Gasteiger charge is -2.29. The number of aromatic nitrogens is 6. The van der Waals surface area contributed by atoms with Crippen LogP contribution in [0.5, 0.6) is 0 Å². The maximum Gasteiger partial charge on any atom is 0.272 e. The number of nitrogens with one attached hydrogen (secondary N) is 1. The molecule has 0 saturated heterocycles. The van der Waals surface area contributed by atoms with Crippen molar-refractivity contribution in [1.29, 1.82) is 0 Å². The second kappa shape index (κ2) is 8.56. The summed E-state index contributed by atoms with van der Waals surface area (Å²) >= 11 is 0. The largest absolute Gasteiger partial charge is 0.329 e. The zero-order valence-corrected chi connectivity index (χ0v) is 19.5. The van der Waals surface area contributed by atoms with E-state index >= 15 is 0 Å². The Hall–Kier alpha value is -4.60. The third kappa shape index (κ3) is 3.76. The molecule has 0 saturated carbocycles. The summed E-state index contributed by atoms with van der Waals surface area (Å²) < 4.78 is 18.6. The molecule has 0 aliphatic carbocycles. The number of halogens is 1. The lowest BCUT2D eigenvalue weighted by Crippen LogP contribution is -2.39. The zero-order valence-electron chi connectivity index (χ0n) is 19.5. The number of carbonyl (C=O) groups excluding carboxylic acids is 1. The van der Waals surface area contributed by atoms with Crippen LogP contribution in [0.25, 0.3) is 22.0 Å². The Bertz CT molecular complexity index is 1680. The summed E-state index contributed by atoms with van der Waals surface area (Å²) in [6.45, 7) is 1.28. The molecule has 1 amide bonds. The van der Waals surface area contributed by atoms with E-state index in [2.05, 4.69) is 24.8 Å². The van der Waals surface area contributed by atoms with Crippen LogP contribution in [0.3, 0.4) is 0 Å². The number of benzene rings is 2. The van der Waals surface area contributed by atoms with Crippen LogP contribution in [-0.2, 0) is 26.6 Å². The highest BCUT2D eigenvalue weighted by Crippen LogP contribution is 2.25. The van der Waals surface area contributed by atoms with Crippen LogP contribution in [0, 0.1) is 5.82 Å². The van der Waals surface area contributed by atoms with Gasteiger partial charge in [-0.05, 0) is 23.8 Å². The van der Waals surface area contributed by atoms with Crippen LogP contribution in [0.2, 0.25) is 0 Å². The van der Waals surface area contributed by atoms with Crippen LogP contribution in [-0.4, -0.2) is 46.9 Å². The first-order valence-electron chi connectivity index (χ1n) is 11.6. The smallest absolute Gasteiger partial charge is 0.272 e. The molecule has 0 bridgehead atoms. The minimum atomic E-state index is -0.576. The van der Waals surface area contributed by atoms with Gasteiger partial charge in [0.15, 0.2) is 0 Å². The number of imidazole rings is 1. The van der Waals surface area contributed by atoms with Crippen molar-refractivity contribution in [3.63, 3.8) is 0 Å². The predicted octanol–water partition coefficient (Wildman–Crippen LogP) is 2.91. The van der Waals surface area contributed by atoms with Gasteiger partial charge in [-0.3, -0.25) is 14.3 Å². The van der Waals surface area contributed by atoms with Gasteiger partial charge >= 0.3 is 0 Å². The average Bonchev–Trinajstić information content (AvgIpc) is 3.52. The van der Waals surface area contributed by atoms with E-state index in [-0.39, 0.29) is 23.6 Å². The minimum absolute atomic E-state index is 0.00807. The summed E-state index contributed by atoms with van der Waals surface area (Å²) in [6.07, 6.45) is 5.83. The summed E-state index contributed by atoms with van der Waals surface area (Å²) in [5, 5.41) is 12.2. The van der Waals surface area contributed by atoms with Gasteiger partial charge in [0.05, 0.1) is 41.3 Å². The monoisotopic (exact) mass is 483 g/mol. The second-order valence-corrected chi connectivity index (χ2v) is 8.88. The third-order valence-electron chi connectivity index (χ3n) is 6.56. The molecule has 3 aromatic heterocycles. The van der Waals surface area contributed by atoms with Crippen molar-refractivity contribution in [1.82, 2.24) is 34.4 Å². The van der Waals surface area contributed by atoms with Crippen molar-refractivity contribution < 1.29 is 9.18 Å². The van der Waals surface area contributed by atoms with Gasteiger partial charge in [0.25, 0.3) is 11.5 Å². The molecule has 0 unspecified atom stereocenters. The molecule has 0 spiro atoms. The van der Waals surface area contributed by atoms with Crippen LogP contribution in [0.1, 0.15) is 27.4 Å². The lowest BCUT2D eigenvalue weighted by molar-refractivity contribution is 0.0703. The maximum atomic E-state index is 14.8. The van der Waals surface area contributed by atoms with Crippen LogP contribution in [0.4, 0.5) is 4.39 Å². The van der Waals surface area contributed by atoms with E-state index in [4.69, 9.17) is 0 Å². The first kappa shape index (κ1) is 21.9. The Kier molecular flexibility index (Phi) is 5.21. The number of hydrogen-bond acceptors (Lipinski definition) is 5. The molecule has 1 N–H and O–H groups in total. The quantitative estimate of drug-likeness (QED) is 0.424. The van der Waals surface area contributed by atoms with Gasteiger partial charge in [-0.15, -0.1) is 0 Å². The fraction of sp³-hybridized carbons (Fsp3) is 0.192. The molecule has 36 heavy (non-hydrogen) atoms. The van der Waals surface area contributed by atoms with E-state index < -0.39 is 5.82 Å². The number of rotatable bonds is 4. The fourth-order valence-electron chi connectivity index (χ4n) is 4.73. The Morgan fingerprint density at radius 3 is 2.75 bits per heavy atom. The molecule has 1 aliphatic heterocycles. The first-order chi connectivity index (χ1) is 17.5. The van der Waals surface area contributed by atoms with E-state index in [1.165, 1.54) is 6.07 Å². The first-order valence-corrected chi connectivity index (χ1v) is 11.6. The second-order valence-electron chi connectivity index (χ2n) is 8.88. The van der Waals surface area contributed by atoms with Crippen LogP contribution >= 0.6 is 0 Å². The molecule has 180 valence electrons. The number of fused-ring (bicyclic) bond motifs is 2. The van der Waals surface area contributed by atoms with Gasteiger partial charge < -0.3 is 9.47 Å². The summed E-state index contributed by atoms with van der Waals surface area (Å²) in [5.74, 6) is -0.215. The number of aryl methyl sites for hydroxylation is 1. The topological polar surface area (TPSA) is 102 Å². The minimum Gasteiger partial charge on any atom is -0.329 e. The number of nitrogens with zero attached hydrogens (tertiary/aromatic N) is 6. The molecular formula is C26H22FN7O2. The summed E-state index contributed by atoms with van der Waals surface area (Å²) in [5.41, 5.74) is 3.02. The van der Waals surface area contributed by atoms with Crippen molar-refractivity contribution in [2.24, 2.45) is 7.05 Å². The summed E-state index contributed by atoms with van der Waals surface area (Å²) in [7, 11) is 1.86. The summed E-state index contributed by atoms with van der Waals surface area (Å²) in [4.78, 5) is 31.6. The zero-order chi connectivity index (χ0) is 24.8. The Balaban J connectivity index is 1.26. The van der Waals surface area contributed by atoms with E-state index in [9.17, 15) is 14.0 Å². The molecule has 0 fully saturated rings. The molecule has 4 heterocycles. The predicted molar refractivity (Wildman–Crippen MR) is 131 cm³/mol. The SMILES string of the molecule is Cn1cc(-c2cnc3n2CCN(C(=O)c2cc(Cc4n[nH]c(=O)c5ccccc45)ccc2F)C3)cn1. The van der Waals surface area contributed by atoms with E-state index in [0.717, 1.165) is 28.0 Å². The highest BCUT2D eigenvalue weighted by atomic mass is 19.1. The molecule has 2 aromatic carbocycles. The molecule has 10 heteroatoms. The van der Waals surface area contributed by atoms with Gasteiger partial charge in [-0.25, -0.2) is 14.5 Å². The highest BCUT2D eigenvalue weighted by molar-refractivity contribution is 5.95. The highest BCUT2D eigenvalue weighted by Gasteiger charge is 2.27. The lowest BCUT2D eigenvalue weighted by atomic mass is 10.0. The standard InChI is InChI=1S/C26H22FN7O2/c1-32-14-17(12-29-32)23-13-28-24-15-33(8-9-34(23)24)26(36)20-10-16(6-7-21(20)27)11-22-18-4-2-3-5-19(18)25(35)31-30-22/h2-7,10,12-14H,8-9,11,15H2,1H3,(H,31,35). The average molecular weight is 484 g/mol. The number of carbonyl (C=O) groups is 1. The van der Waals surface area contributed by atoms with E-state index in [1.54, 1.807) is 46.2 Å². The number of hydrogen-bond donors (Lipinski definition) is 1. The van der Waals surface area contributed by atoms with Crippen molar-refractivity contribution in [2.75, 3.05) is 6.54 Å². The summed E-state index contributed by atoms with van der Waals surface area (Å²) in [6, 6.07) is 11.7. The van der Waals surface area contributed by atoms with Crippen molar-refractivity contribution >= 4 is 16.7 Å². The molecule has 0 radical (unpaired) electrons. The van der Waals surface area contributed by atoms with Crippen molar-refractivity contribution in [3.05, 3.63) is 99.9 Å². The van der Waals surface area contributed by atoms with Gasteiger partial charge in [0.1, 0.15) is 11.6 Å². The Morgan fingerprint density at radius 2 is 1.94 bits per heavy atom. The Labute approximate surface area is 204 Å². The molecule has 5 aromatic rings. The number of H-pyrrole nitrogens is 1. The van der Waals surface area contributed by atoms with E-state index in [0.29, 0.717) is 30.6 Å². The third-order valence-corrected chi connectivity index (χ3v) is 6.56. The fourth-order valence-corrected chi connectivity index (χ4v) is 4.73. The molecule has 6 rings (SSSR count). The molecule has 0 atom stereocenters. The van der Waals surface area contributed by atoms with Gasteiger partial charge in [0.2, 0.25) is 0 Å². The number of aromatic amines is 1. The molecule has 1 aliphatic rings. The van der Waals surface area contributed by atoms with Crippen molar-refractivity contribution in [2.45, 2.75) is 19.5 Å². The van der Waals surface area contributed by atoms with Gasteiger partial charge in [-0.1, -0.05) is 24.3 Å². The maximum absolute atomic E-state index is 14.8. The van der Waals surface area contributed by atoms with Gasteiger partial charge in [0, 0.05) is 43.7 Å². The number of amides is 1. The normalized spacial score (nSPS) is 13.2. The van der Waals surface area contributed by atoms with Crippen molar-refractivity contribution in [3.8, 4) is 11.3 Å². The van der Waals surface area contributed by atoms with Crippen LogP contribution in [0.15, 0.2) is 65.8 Å². The van der Waals surface area contributed by atoms with Gasteiger partial charge in [-0.2, -0.15) is 10.2 Å².